The van der Waals surface area contributed by atoms with Crippen LogP contribution in [-0.2, 0) is 11.2 Å². The van der Waals surface area contributed by atoms with Crippen molar-refractivity contribution in [1.82, 2.24) is 10.3 Å². The van der Waals surface area contributed by atoms with Gasteiger partial charge in [0.05, 0.1) is 22.9 Å². The van der Waals surface area contributed by atoms with Crippen molar-refractivity contribution in [1.29, 1.82) is 0 Å². The molecule has 1 aromatic heterocycles. The van der Waals surface area contributed by atoms with E-state index in [9.17, 15) is 19.5 Å². The summed E-state index contributed by atoms with van der Waals surface area (Å²) >= 11 is 0. The average Bonchev–Trinajstić information content (AvgIpc) is 3.80. The molecule has 3 aliphatic rings. The molecule has 2 atom stereocenters. The Bertz CT molecular complexity index is 1630. The first-order valence-electron chi connectivity index (χ1n) is 15.9. The summed E-state index contributed by atoms with van der Waals surface area (Å²) in [6, 6.07) is 10.6. The van der Waals surface area contributed by atoms with Gasteiger partial charge in [-0.2, -0.15) is 0 Å². The van der Waals surface area contributed by atoms with Crippen molar-refractivity contribution in [3.05, 3.63) is 88.4 Å². The second kappa shape index (κ2) is 13.3. The van der Waals surface area contributed by atoms with E-state index in [1.807, 2.05) is 17.0 Å². The molecular weight excluding hydrogens is 575 g/mol. The fraction of sp³-hybridized carbons (Fsp3) is 0.429. The van der Waals surface area contributed by atoms with Gasteiger partial charge in [-0.15, -0.1) is 0 Å². The van der Waals surface area contributed by atoms with Crippen LogP contribution < -0.4 is 15.5 Å². The monoisotopic (exact) mass is 614 g/mol. The van der Waals surface area contributed by atoms with Gasteiger partial charge in [0.1, 0.15) is 12.1 Å². The highest BCUT2D eigenvalue weighted by Gasteiger charge is 2.31. The lowest BCUT2D eigenvalue weighted by Crippen LogP contribution is -2.40. The van der Waals surface area contributed by atoms with E-state index in [4.69, 9.17) is 4.42 Å². The number of rotatable bonds is 9. The van der Waals surface area contributed by atoms with Gasteiger partial charge in [-0.3, -0.25) is 14.4 Å². The molecule has 2 saturated carbocycles. The van der Waals surface area contributed by atoms with Crippen molar-refractivity contribution in [3.8, 4) is 0 Å². The largest absolute Gasteiger partial charge is 0.481 e. The molecule has 236 valence electrons. The maximum Gasteiger partial charge on any atom is 0.306 e. The Kier molecular flexibility index (Phi) is 9.00. The number of nitrogens with one attached hydrogen (secondary N) is 2. The number of hydrogen-bond donors (Lipinski definition) is 3. The highest BCUT2D eigenvalue weighted by Crippen LogP contribution is 2.39. The first kappa shape index (κ1) is 30.6. The number of carboxylic acids is 1. The number of benzene rings is 2. The quantitative estimate of drug-likeness (QED) is 0.239. The minimum atomic E-state index is -0.888. The number of aliphatic carboxylic acids is 1. The predicted octanol–water partition coefficient (Wildman–Crippen LogP) is 6.39. The summed E-state index contributed by atoms with van der Waals surface area (Å²) in [5.41, 5.74) is 4.52. The van der Waals surface area contributed by atoms with E-state index < -0.39 is 29.5 Å². The summed E-state index contributed by atoms with van der Waals surface area (Å²) < 4.78 is 21.2. The second-order valence-electron chi connectivity index (χ2n) is 12.5. The molecule has 2 aromatic carbocycles. The SMILES string of the molecule is Cc1ccccc1CC1=CCCN(c2cc(F)c(C(=O)N[C@@H]3CCC[C@H](C(=O)O)C3)cc2NC(=O)c2coc(C3CC3)n2)CC1. The average molecular weight is 615 g/mol. The van der Waals surface area contributed by atoms with Crippen LogP contribution in [0.25, 0.3) is 0 Å². The lowest BCUT2D eigenvalue weighted by Gasteiger charge is -2.28. The highest BCUT2D eigenvalue weighted by atomic mass is 19.1. The van der Waals surface area contributed by atoms with Crippen molar-refractivity contribution in [3.63, 3.8) is 0 Å². The van der Waals surface area contributed by atoms with E-state index >= 15 is 4.39 Å². The lowest BCUT2D eigenvalue weighted by atomic mass is 9.85. The van der Waals surface area contributed by atoms with Crippen LogP contribution in [-0.4, -0.2) is 47.0 Å². The maximum atomic E-state index is 15.7. The molecule has 6 rings (SSSR count). The molecule has 2 fully saturated rings. The highest BCUT2D eigenvalue weighted by molar-refractivity contribution is 6.06. The Hall–Kier alpha value is -4.47. The normalized spacial score (nSPS) is 20.2. The van der Waals surface area contributed by atoms with Crippen LogP contribution in [0.15, 0.2) is 58.7 Å². The number of hydrogen-bond acceptors (Lipinski definition) is 6. The van der Waals surface area contributed by atoms with Gasteiger partial charge in [-0.05, 0) is 75.5 Å². The summed E-state index contributed by atoms with van der Waals surface area (Å²) in [6.45, 7) is 3.33. The number of carboxylic acid groups (broad SMARTS) is 1. The number of halogens is 1. The van der Waals surface area contributed by atoms with E-state index in [1.54, 1.807) is 0 Å². The molecule has 1 aliphatic heterocycles. The Morgan fingerprint density at radius 1 is 1.09 bits per heavy atom. The third-order valence-corrected chi connectivity index (χ3v) is 9.17. The molecular formula is C35H39FN4O5. The van der Waals surface area contributed by atoms with E-state index in [1.165, 1.54) is 35.1 Å². The predicted molar refractivity (Wildman–Crippen MR) is 168 cm³/mol. The molecule has 2 aliphatic carbocycles. The van der Waals surface area contributed by atoms with Gasteiger partial charge < -0.3 is 25.1 Å². The van der Waals surface area contributed by atoms with Crippen LogP contribution in [0.2, 0.25) is 0 Å². The Labute approximate surface area is 261 Å². The Morgan fingerprint density at radius 2 is 1.91 bits per heavy atom. The molecule has 0 spiro atoms. The lowest BCUT2D eigenvalue weighted by molar-refractivity contribution is -0.143. The third-order valence-electron chi connectivity index (χ3n) is 9.17. The molecule has 45 heavy (non-hydrogen) atoms. The molecule has 2 heterocycles. The number of carbonyl (C=O) groups excluding carboxylic acids is 2. The van der Waals surface area contributed by atoms with E-state index in [0.29, 0.717) is 56.0 Å². The number of anilines is 2. The first-order valence-corrected chi connectivity index (χ1v) is 15.9. The smallest absolute Gasteiger partial charge is 0.306 e. The second-order valence-corrected chi connectivity index (χ2v) is 12.5. The van der Waals surface area contributed by atoms with Crippen molar-refractivity contribution in [2.24, 2.45) is 5.92 Å². The zero-order chi connectivity index (χ0) is 31.5. The van der Waals surface area contributed by atoms with Crippen LogP contribution >= 0.6 is 0 Å². The van der Waals surface area contributed by atoms with Crippen LogP contribution in [0, 0.1) is 18.7 Å². The van der Waals surface area contributed by atoms with Gasteiger partial charge in [0.15, 0.2) is 11.6 Å². The molecule has 9 nitrogen and oxygen atoms in total. The van der Waals surface area contributed by atoms with Crippen LogP contribution in [0.3, 0.4) is 0 Å². The van der Waals surface area contributed by atoms with Crippen LogP contribution in [0.4, 0.5) is 15.8 Å². The van der Waals surface area contributed by atoms with Crippen molar-refractivity contribution in [2.75, 3.05) is 23.3 Å². The first-order chi connectivity index (χ1) is 21.7. The van der Waals surface area contributed by atoms with E-state index in [-0.39, 0.29) is 23.2 Å². The summed E-state index contributed by atoms with van der Waals surface area (Å²) in [6.07, 6.45) is 10.0. The fourth-order valence-electron chi connectivity index (χ4n) is 6.37. The zero-order valence-electron chi connectivity index (χ0n) is 25.5. The van der Waals surface area contributed by atoms with Gasteiger partial charge in [0.2, 0.25) is 0 Å². The molecule has 0 unspecified atom stereocenters. The molecule has 0 radical (unpaired) electrons. The van der Waals surface area contributed by atoms with E-state index in [2.05, 4.69) is 40.8 Å². The van der Waals surface area contributed by atoms with Gasteiger partial charge >= 0.3 is 5.97 Å². The topological polar surface area (TPSA) is 125 Å². The molecule has 0 saturated heterocycles. The molecule has 2 amide bonds. The van der Waals surface area contributed by atoms with Gasteiger partial charge in [0.25, 0.3) is 11.8 Å². The van der Waals surface area contributed by atoms with E-state index in [0.717, 1.165) is 32.1 Å². The Morgan fingerprint density at radius 3 is 2.69 bits per heavy atom. The minimum Gasteiger partial charge on any atom is -0.481 e. The Balaban J connectivity index is 1.23. The molecule has 10 heteroatoms. The van der Waals surface area contributed by atoms with Gasteiger partial charge in [-0.25, -0.2) is 9.37 Å². The van der Waals surface area contributed by atoms with Crippen molar-refractivity contribution < 1.29 is 28.3 Å². The fourth-order valence-corrected chi connectivity index (χ4v) is 6.37. The number of carbonyl (C=O) groups is 3. The maximum absolute atomic E-state index is 15.7. The summed E-state index contributed by atoms with van der Waals surface area (Å²) in [4.78, 5) is 44.6. The summed E-state index contributed by atoms with van der Waals surface area (Å²) in [5.74, 6) is -2.51. The minimum absolute atomic E-state index is 0.123. The number of oxazole rings is 1. The van der Waals surface area contributed by atoms with Crippen LogP contribution in [0.5, 0.6) is 0 Å². The number of aryl methyl sites for hydroxylation is 1. The summed E-state index contributed by atoms with van der Waals surface area (Å²) in [7, 11) is 0. The molecule has 3 N–H and O–H groups in total. The van der Waals surface area contributed by atoms with Crippen molar-refractivity contribution in [2.45, 2.75) is 76.7 Å². The number of nitrogens with zero attached hydrogens (tertiary/aromatic N) is 2. The zero-order valence-corrected chi connectivity index (χ0v) is 25.5. The van der Waals surface area contributed by atoms with Crippen molar-refractivity contribution >= 4 is 29.2 Å². The third kappa shape index (κ3) is 7.27. The number of amides is 2. The molecule has 3 aromatic rings. The summed E-state index contributed by atoms with van der Waals surface area (Å²) in [5, 5.41) is 15.2. The van der Waals surface area contributed by atoms with Gasteiger partial charge in [0, 0.05) is 31.1 Å². The van der Waals surface area contributed by atoms with Crippen LogP contribution in [0.1, 0.15) is 95.1 Å². The van der Waals surface area contributed by atoms with Gasteiger partial charge in [-0.1, -0.05) is 42.3 Å². The standard InChI is InChI=1S/C35H39FN4O5/c1-21-6-2-3-8-24(21)16-22-7-5-14-40(15-13-22)31-19-28(36)27(32(41)37-26-10-4-9-25(17-26)35(43)44)18-29(31)38-33(42)30-20-45-34(39-30)23-11-12-23/h2-3,6-8,18-20,23,25-26H,4-5,9-17H2,1H3,(H,37,41)(H,38,42)(H,43,44)/t25-,26+/m0/s1. The molecule has 0 bridgehead atoms. The number of aromatic nitrogens is 1.